The number of carbonyl (C=O) groups is 3. The Bertz CT molecular complexity index is 348. The highest BCUT2D eigenvalue weighted by Crippen LogP contribution is 2.24. The third kappa shape index (κ3) is 1.14. The summed E-state index contributed by atoms with van der Waals surface area (Å²) in [6, 6.07) is 0. The number of rotatable bonds is 1. The summed E-state index contributed by atoms with van der Waals surface area (Å²) in [5.74, 6) is -1.47. The van der Waals surface area contributed by atoms with Crippen molar-refractivity contribution in [2.75, 3.05) is 0 Å². The molecule has 72 valence electrons. The van der Waals surface area contributed by atoms with Crippen molar-refractivity contribution in [3.63, 3.8) is 0 Å². The van der Waals surface area contributed by atoms with E-state index in [0.29, 0.717) is 0 Å². The lowest BCUT2D eigenvalue weighted by Gasteiger charge is -2.19. The van der Waals surface area contributed by atoms with E-state index in [1.54, 1.807) is 0 Å². The van der Waals surface area contributed by atoms with E-state index in [1.807, 2.05) is 0 Å². The first kappa shape index (κ1) is 8.68. The molecule has 1 atom stereocenters. The van der Waals surface area contributed by atoms with Crippen LogP contribution in [0.3, 0.4) is 0 Å². The molecule has 5 nitrogen and oxygen atoms in total. The van der Waals surface area contributed by atoms with Crippen molar-refractivity contribution < 1.29 is 19.1 Å². The van der Waals surface area contributed by atoms with Gasteiger partial charge in [0.25, 0.3) is 11.8 Å². The molecular weight excluding hydrogens is 186 g/mol. The highest BCUT2D eigenvalue weighted by molar-refractivity contribution is 6.13. The largest absolute Gasteiger partial charge is 0.437 e. The highest BCUT2D eigenvalue weighted by Gasteiger charge is 2.39. The molecule has 1 saturated heterocycles. The fourth-order valence-corrected chi connectivity index (χ4v) is 1.38. The Hall–Kier alpha value is -1.91. The number of esters is 1. The Kier molecular flexibility index (Phi) is 1.73. The van der Waals surface area contributed by atoms with Crippen LogP contribution in [-0.4, -0.2) is 28.9 Å². The SMILES string of the molecule is C=C1CC(N2C(=O)C=CC2=O)OC1=O. The predicted octanol–water partition coefficient (Wildman–Crippen LogP) is -0.259. The number of imide groups is 1. The maximum atomic E-state index is 11.2. The van der Waals surface area contributed by atoms with Crippen molar-refractivity contribution in [2.45, 2.75) is 12.6 Å². The Morgan fingerprint density at radius 1 is 1.29 bits per heavy atom. The number of nitrogens with zero attached hydrogens (tertiary/aromatic N) is 1. The van der Waals surface area contributed by atoms with Crippen LogP contribution in [0.2, 0.25) is 0 Å². The summed E-state index contributed by atoms with van der Waals surface area (Å²) < 4.78 is 4.80. The van der Waals surface area contributed by atoms with Gasteiger partial charge < -0.3 is 4.74 Å². The van der Waals surface area contributed by atoms with Gasteiger partial charge in [0.2, 0.25) is 0 Å². The molecule has 14 heavy (non-hydrogen) atoms. The summed E-state index contributed by atoms with van der Waals surface area (Å²) in [6.45, 7) is 3.46. The summed E-state index contributed by atoms with van der Waals surface area (Å²) in [7, 11) is 0. The van der Waals surface area contributed by atoms with Crippen LogP contribution >= 0.6 is 0 Å². The molecular formula is C9H7NO4. The molecule has 0 spiro atoms. The second kappa shape index (κ2) is 2.80. The number of cyclic esters (lactones) is 1. The molecule has 0 N–H and O–H groups in total. The topological polar surface area (TPSA) is 63.7 Å². The van der Waals surface area contributed by atoms with Crippen LogP contribution in [0.1, 0.15) is 6.42 Å². The van der Waals surface area contributed by atoms with Crippen LogP contribution in [0, 0.1) is 0 Å². The Morgan fingerprint density at radius 3 is 2.29 bits per heavy atom. The molecule has 2 aliphatic heterocycles. The summed E-state index contributed by atoms with van der Waals surface area (Å²) in [5.41, 5.74) is 0.280. The van der Waals surface area contributed by atoms with Crippen LogP contribution in [0.15, 0.2) is 24.3 Å². The standard InChI is InChI=1S/C9H7NO4/c1-5-4-8(14-9(5)13)10-6(11)2-3-7(10)12/h2-3,8H,1,4H2. The second-order valence-corrected chi connectivity index (χ2v) is 3.05. The predicted molar refractivity (Wildman–Crippen MR) is 44.6 cm³/mol. The molecule has 5 heteroatoms. The molecule has 1 fully saturated rings. The molecule has 0 aromatic heterocycles. The van der Waals surface area contributed by atoms with E-state index < -0.39 is 24.0 Å². The molecule has 0 radical (unpaired) electrons. The van der Waals surface area contributed by atoms with Gasteiger partial charge in [0, 0.05) is 24.1 Å². The van der Waals surface area contributed by atoms with Crippen LogP contribution in [-0.2, 0) is 19.1 Å². The number of ether oxygens (including phenoxy) is 1. The van der Waals surface area contributed by atoms with E-state index in [4.69, 9.17) is 4.74 Å². The van der Waals surface area contributed by atoms with E-state index in [-0.39, 0.29) is 12.0 Å². The van der Waals surface area contributed by atoms with E-state index in [1.165, 1.54) is 0 Å². The van der Waals surface area contributed by atoms with Crippen LogP contribution in [0.25, 0.3) is 0 Å². The fourth-order valence-electron chi connectivity index (χ4n) is 1.38. The average Bonchev–Trinajstić information content (AvgIpc) is 2.59. The van der Waals surface area contributed by atoms with E-state index >= 15 is 0 Å². The molecule has 2 amide bonds. The molecule has 2 heterocycles. The fraction of sp³-hybridized carbons (Fsp3) is 0.222. The van der Waals surface area contributed by atoms with Gasteiger partial charge in [-0.1, -0.05) is 6.58 Å². The van der Waals surface area contributed by atoms with Gasteiger partial charge in [0.15, 0.2) is 6.23 Å². The van der Waals surface area contributed by atoms with Gasteiger partial charge in [0.05, 0.1) is 0 Å². The quantitative estimate of drug-likeness (QED) is 0.327. The third-order valence-corrected chi connectivity index (χ3v) is 2.08. The monoisotopic (exact) mass is 193 g/mol. The number of hydrogen-bond acceptors (Lipinski definition) is 4. The number of hydrogen-bond donors (Lipinski definition) is 0. The normalized spacial score (nSPS) is 26.3. The first-order chi connectivity index (χ1) is 6.59. The van der Waals surface area contributed by atoms with Crippen molar-refractivity contribution in [1.82, 2.24) is 4.90 Å². The van der Waals surface area contributed by atoms with Crippen molar-refractivity contribution >= 4 is 17.8 Å². The molecule has 2 rings (SSSR count). The highest BCUT2D eigenvalue weighted by atomic mass is 16.6. The summed E-state index contributed by atoms with van der Waals surface area (Å²) in [4.78, 5) is 34.2. The molecule has 0 bridgehead atoms. The van der Waals surface area contributed by atoms with Crippen molar-refractivity contribution in [1.29, 1.82) is 0 Å². The summed E-state index contributed by atoms with van der Waals surface area (Å²) >= 11 is 0. The van der Waals surface area contributed by atoms with Crippen LogP contribution in [0.5, 0.6) is 0 Å². The molecule has 1 unspecified atom stereocenters. The minimum absolute atomic E-state index is 0.192. The smallest absolute Gasteiger partial charge is 0.335 e. The van der Waals surface area contributed by atoms with Crippen LogP contribution in [0.4, 0.5) is 0 Å². The lowest BCUT2D eigenvalue weighted by atomic mass is 10.2. The summed E-state index contributed by atoms with van der Waals surface area (Å²) in [5, 5.41) is 0. The average molecular weight is 193 g/mol. The molecule has 0 saturated carbocycles. The van der Waals surface area contributed by atoms with Gasteiger partial charge >= 0.3 is 5.97 Å². The van der Waals surface area contributed by atoms with Gasteiger partial charge in [-0.15, -0.1) is 0 Å². The Labute approximate surface area is 79.6 Å². The minimum atomic E-state index is -0.815. The van der Waals surface area contributed by atoms with E-state index in [2.05, 4.69) is 6.58 Å². The Balaban J connectivity index is 2.18. The first-order valence-corrected chi connectivity index (χ1v) is 4.03. The second-order valence-electron chi connectivity index (χ2n) is 3.05. The zero-order valence-corrected chi connectivity index (χ0v) is 7.23. The molecule has 2 aliphatic rings. The van der Waals surface area contributed by atoms with E-state index in [0.717, 1.165) is 17.1 Å². The van der Waals surface area contributed by atoms with Gasteiger partial charge in [-0.05, 0) is 0 Å². The maximum Gasteiger partial charge on any atom is 0.335 e. The van der Waals surface area contributed by atoms with Crippen molar-refractivity contribution in [2.24, 2.45) is 0 Å². The third-order valence-electron chi connectivity index (χ3n) is 2.08. The first-order valence-electron chi connectivity index (χ1n) is 4.03. The zero-order chi connectivity index (χ0) is 10.3. The summed E-state index contributed by atoms with van der Waals surface area (Å²) in [6.07, 6.45) is 1.68. The number of carbonyl (C=O) groups excluding carboxylic acids is 3. The minimum Gasteiger partial charge on any atom is -0.437 e. The zero-order valence-electron chi connectivity index (χ0n) is 7.23. The van der Waals surface area contributed by atoms with Gasteiger partial charge in [-0.25, -0.2) is 9.69 Å². The van der Waals surface area contributed by atoms with Gasteiger partial charge in [0.1, 0.15) is 0 Å². The maximum absolute atomic E-state index is 11.2. The molecule has 0 aliphatic carbocycles. The van der Waals surface area contributed by atoms with Gasteiger partial charge in [-0.2, -0.15) is 0 Å². The van der Waals surface area contributed by atoms with E-state index in [9.17, 15) is 14.4 Å². The Morgan fingerprint density at radius 2 is 1.86 bits per heavy atom. The lowest BCUT2D eigenvalue weighted by molar-refractivity contribution is -0.156. The van der Waals surface area contributed by atoms with Crippen molar-refractivity contribution in [3.8, 4) is 0 Å². The molecule has 0 aromatic carbocycles. The lowest BCUT2D eigenvalue weighted by Crippen LogP contribution is -2.39. The van der Waals surface area contributed by atoms with Gasteiger partial charge in [-0.3, -0.25) is 9.59 Å². The van der Waals surface area contributed by atoms with Crippen molar-refractivity contribution in [3.05, 3.63) is 24.3 Å². The van der Waals surface area contributed by atoms with Crippen LogP contribution < -0.4 is 0 Å². The molecule has 0 aromatic rings. The number of amides is 2.